The first-order valence-electron chi connectivity index (χ1n) is 9.35. The molecule has 0 saturated heterocycles. The Kier molecular flexibility index (Phi) is 7.44. The first kappa shape index (κ1) is 23.6. The second kappa shape index (κ2) is 10.1. The van der Waals surface area contributed by atoms with Crippen molar-refractivity contribution < 1.29 is 26.7 Å². The summed E-state index contributed by atoms with van der Waals surface area (Å²) in [5.41, 5.74) is 0.392. The maximum atomic E-state index is 14.0. The van der Waals surface area contributed by atoms with Crippen LogP contribution in [-0.2, 0) is 21.2 Å². The summed E-state index contributed by atoms with van der Waals surface area (Å²) >= 11 is 6.03. The van der Waals surface area contributed by atoms with Crippen LogP contribution in [0.15, 0.2) is 71.6 Å². The van der Waals surface area contributed by atoms with Gasteiger partial charge in [-0.05, 0) is 42.3 Å². The fourth-order valence-electron chi connectivity index (χ4n) is 2.92. The topological polar surface area (TPSA) is 84.5 Å². The highest BCUT2D eigenvalue weighted by atomic mass is 35.5. The number of hydrogen-bond acceptors (Lipinski definition) is 4. The van der Waals surface area contributed by atoms with Crippen LogP contribution in [0.2, 0.25) is 5.02 Å². The molecule has 0 spiro atoms. The standard InChI is InChI=1S/C22H19ClF2N2O4S/c1-31-21-10-8-16(13-17(21)23)32(29,30)27-20(11-14-5-3-2-4-6-14)22(28)26-19-9-7-15(24)12-18(19)25/h2-10,12-13,20,27H,11H2,1H3,(H,26,28)/t20-/m0/s1. The number of carbonyl (C=O) groups excluding carboxylic acids is 1. The number of carbonyl (C=O) groups is 1. The van der Waals surface area contributed by atoms with E-state index in [1.165, 1.54) is 25.3 Å². The number of nitrogens with one attached hydrogen (secondary N) is 2. The van der Waals surface area contributed by atoms with Crippen LogP contribution in [-0.4, -0.2) is 27.5 Å². The Morgan fingerprint density at radius 2 is 1.78 bits per heavy atom. The number of methoxy groups -OCH3 is 1. The normalized spacial score (nSPS) is 12.2. The molecule has 0 heterocycles. The fraction of sp³-hybridized carbons (Fsp3) is 0.136. The minimum Gasteiger partial charge on any atom is -0.495 e. The molecule has 2 N–H and O–H groups in total. The highest BCUT2D eigenvalue weighted by Crippen LogP contribution is 2.27. The van der Waals surface area contributed by atoms with Crippen LogP contribution >= 0.6 is 11.6 Å². The van der Waals surface area contributed by atoms with Crippen molar-refractivity contribution >= 4 is 33.2 Å². The monoisotopic (exact) mass is 480 g/mol. The average molecular weight is 481 g/mol. The summed E-state index contributed by atoms with van der Waals surface area (Å²) in [4.78, 5) is 12.7. The summed E-state index contributed by atoms with van der Waals surface area (Å²) in [5.74, 6) is -2.32. The highest BCUT2D eigenvalue weighted by Gasteiger charge is 2.27. The van der Waals surface area contributed by atoms with Crippen molar-refractivity contribution in [1.29, 1.82) is 0 Å². The number of rotatable bonds is 8. The summed E-state index contributed by atoms with van der Waals surface area (Å²) in [5, 5.41) is 2.38. The van der Waals surface area contributed by atoms with E-state index in [9.17, 15) is 22.0 Å². The minimum atomic E-state index is -4.19. The first-order chi connectivity index (χ1) is 15.2. The summed E-state index contributed by atoms with van der Waals surface area (Å²) in [6, 6.07) is 13.9. The molecule has 1 atom stereocenters. The van der Waals surface area contributed by atoms with Gasteiger partial charge in [-0.3, -0.25) is 4.79 Å². The number of halogens is 3. The molecule has 0 bridgehead atoms. The van der Waals surface area contributed by atoms with Gasteiger partial charge in [0.25, 0.3) is 0 Å². The van der Waals surface area contributed by atoms with Crippen LogP contribution < -0.4 is 14.8 Å². The molecule has 0 saturated carbocycles. The fourth-order valence-corrected chi connectivity index (χ4v) is 4.46. The van der Waals surface area contributed by atoms with E-state index >= 15 is 0 Å². The molecule has 1 amide bonds. The molecule has 32 heavy (non-hydrogen) atoms. The summed E-state index contributed by atoms with van der Waals surface area (Å²) in [6.45, 7) is 0. The third-order valence-corrected chi connectivity index (χ3v) is 6.28. The van der Waals surface area contributed by atoms with Gasteiger partial charge in [0.15, 0.2) is 0 Å². The van der Waals surface area contributed by atoms with E-state index in [2.05, 4.69) is 10.0 Å². The number of anilines is 1. The number of sulfonamides is 1. The zero-order chi connectivity index (χ0) is 23.3. The second-order valence-electron chi connectivity index (χ2n) is 6.77. The Morgan fingerprint density at radius 3 is 2.41 bits per heavy atom. The van der Waals surface area contributed by atoms with Crippen molar-refractivity contribution in [3.63, 3.8) is 0 Å². The van der Waals surface area contributed by atoms with Gasteiger partial charge in [-0.15, -0.1) is 0 Å². The lowest BCUT2D eigenvalue weighted by molar-refractivity contribution is -0.117. The smallest absolute Gasteiger partial charge is 0.242 e. The van der Waals surface area contributed by atoms with Gasteiger partial charge >= 0.3 is 0 Å². The van der Waals surface area contributed by atoms with Crippen LogP contribution in [0, 0.1) is 11.6 Å². The number of ether oxygens (including phenoxy) is 1. The van der Waals surface area contributed by atoms with E-state index in [4.69, 9.17) is 16.3 Å². The molecule has 3 aromatic rings. The highest BCUT2D eigenvalue weighted by molar-refractivity contribution is 7.89. The predicted molar refractivity (Wildman–Crippen MR) is 117 cm³/mol. The third kappa shape index (κ3) is 5.82. The largest absolute Gasteiger partial charge is 0.495 e. The van der Waals surface area contributed by atoms with Crippen LogP contribution in [0.4, 0.5) is 14.5 Å². The van der Waals surface area contributed by atoms with E-state index in [0.717, 1.165) is 12.1 Å². The van der Waals surface area contributed by atoms with E-state index in [1.807, 2.05) is 0 Å². The van der Waals surface area contributed by atoms with Crippen molar-refractivity contribution in [2.24, 2.45) is 0 Å². The number of hydrogen-bond donors (Lipinski definition) is 2. The maximum absolute atomic E-state index is 14.0. The van der Waals surface area contributed by atoms with Gasteiger partial charge in [0, 0.05) is 6.07 Å². The lowest BCUT2D eigenvalue weighted by Gasteiger charge is -2.19. The second-order valence-corrected chi connectivity index (χ2v) is 8.89. The van der Waals surface area contributed by atoms with Gasteiger partial charge in [-0.2, -0.15) is 4.72 Å². The molecule has 0 aliphatic heterocycles. The maximum Gasteiger partial charge on any atom is 0.242 e. The van der Waals surface area contributed by atoms with E-state index < -0.39 is 33.6 Å². The van der Waals surface area contributed by atoms with Gasteiger partial charge in [-0.1, -0.05) is 41.9 Å². The average Bonchev–Trinajstić information content (AvgIpc) is 2.75. The molecule has 168 valence electrons. The van der Waals surface area contributed by atoms with Crippen LogP contribution in [0.1, 0.15) is 5.56 Å². The molecule has 3 aromatic carbocycles. The van der Waals surface area contributed by atoms with Crippen LogP contribution in [0.5, 0.6) is 5.75 Å². The van der Waals surface area contributed by atoms with Crippen LogP contribution in [0.3, 0.4) is 0 Å². The Morgan fingerprint density at radius 1 is 1.06 bits per heavy atom. The van der Waals surface area contributed by atoms with Gasteiger partial charge in [0.1, 0.15) is 23.4 Å². The Hall–Kier alpha value is -3.01. The van der Waals surface area contributed by atoms with Crippen LogP contribution in [0.25, 0.3) is 0 Å². The van der Waals surface area contributed by atoms with Crippen molar-refractivity contribution in [2.75, 3.05) is 12.4 Å². The molecule has 0 aliphatic carbocycles. The molecule has 3 rings (SSSR count). The third-order valence-electron chi connectivity index (χ3n) is 4.52. The molecule has 0 radical (unpaired) electrons. The van der Waals surface area contributed by atoms with E-state index in [-0.39, 0.29) is 27.8 Å². The van der Waals surface area contributed by atoms with E-state index in [0.29, 0.717) is 11.6 Å². The van der Waals surface area contributed by atoms with Crippen molar-refractivity contribution in [3.05, 3.63) is 89.0 Å². The summed E-state index contributed by atoms with van der Waals surface area (Å²) in [6.07, 6.45) is -0.0153. The molecular formula is C22H19ClF2N2O4S. The summed E-state index contributed by atoms with van der Waals surface area (Å²) in [7, 11) is -2.79. The first-order valence-corrected chi connectivity index (χ1v) is 11.2. The molecule has 10 heteroatoms. The molecule has 0 aliphatic rings. The zero-order valence-corrected chi connectivity index (χ0v) is 18.4. The minimum absolute atomic E-state index is 0.0153. The van der Waals surface area contributed by atoms with Gasteiger partial charge in [-0.25, -0.2) is 17.2 Å². The SMILES string of the molecule is COc1ccc(S(=O)(=O)N[C@@H](Cc2ccccc2)C(=O)Nc2ccc(F)cc2F)cc1Cl. The lowest BCUT2D eigenvalue weighted by Crippen LogP contribution is -2.45. The molecule has 0 aromatic heterocycles. The lowest BCUT2D eigenvalue weighted by atomic mass is 10.1. The molecular weight excluding hydrogens is 462 g/mol. The quantitative estimate of drug-likeness (QED) is 0.507. The Balaban J connectivity index is 1.89. The van der Waals surface area contributed by atoms with Crippen molar-refractivity contribution in [1.82, 2.24) is 4.72 Å². The Bertz CT molecular complexity index is 1220. The van der Waals surface area contributed by atoms with Crippen molar-refractivity contribution in [3.8, 4) is 5.75 Å². The van der Waals surface area contributed by atoms with Gasteiger partial charge in [0.2, 0.25) is 15.9 Å². The van der Waals surface area contributed by atoms with E-state index in [1.54, 1.807) is 30.3 Å². The number of benzene rings is 3. The Labute approximate surface area is 189 Å². The van der Waals surface area contributed by atoms with Gasteiger partial charge in [0.05, 0.1) is 22.7 Å². The molecule has 6 nitrogen and oxygen atoms in total. The van der Waals surface area contributed by atoms with Crippen molar-refractivity contribution in [2.45, 2.75) is 17.4 Å². The number of amides is 1. The predicted octanol–water partition coefficient (Wildman–Crippen LogP) is 4.16. The molecule has 0 unspecified atom stereocenters. The van der Waals surface area contributed by atoms with Gasteiger partial charge < -0.3 is 10.1 Å². The zero-order valence-electron chi connectivity index (χ0n) is 16.8. The molecule has 0 fully saturated rings. The summed E-state index contributed by atoms with van der Waals surface area (Å²) < 4.78 is 60.4.